The summed E-state index contributed by atoms with van der Waals surface area (Å²) in [5.74, 6) is 1.25. The number of rotatable bonds is 6. The summed E-state index contributed by atoms with van der Waals surface area (Å²) < 4.78 is 0. The standard InChI is InChI=1S/C20H26N8S/c1-13(2)24-20-25-14(3)18(29-20)16-6-7-22-19(26-16)27-17-5-4-15(12-23-17)28-10-8-21-9-11-28/h4-7,12-13,21H,8-11H2,1-3H3,(H,24,25)(H,22,23,26,27). The lowest BCUT2D eigenvalue weighted by Gasteiger charge is -2.29. The fraction of sp³-hybridized carbons (Fsp3) is 0.400. The smallest absolute Gasteiger partial charge is 0.228 e. The zero-order chi connectivity index (χ0) is 20.2. The maximum Gasteiger partial charge on any atom is 0.228 e. The first-order chi connectivity index (χ1) is 14.1. The first-order valence-electron chi connectivity index (χ1n) is 9.84. The molecule has 4 rings (SSSR count). The van der Waals surface area contributed by atoms with E-state index in [0.717, 1.165) is 59.1 Å². The van der Waals surface area contributed by atoms with Crippen molar-refractivity contribution in [1.29, 1.82) is 0 Å². The van der Waals surface area contributed by atoms with Crippen LogP contribution < -0.4 is 20.9 Å². The van der Waals surface area contributed by atoms with Crippen LogP contribution in [0.2, 0.25) is 0 Å². The van der Waals surface area contributed by atoms with E-state index in [9.17, 15) is 0 Å². The number of thiazole rings is 1. The van der Waals surface area contributed by atoms with Crippen molar-refractivity contribution in [3.05, 3.63) is 36.3 Å². The van der Waals surface area contributed by atoms with Gasteiger partial charge in [-0.1, -0.05) is 11.3 Å². The molecule has 1 saturated heterocycles. The topological polar surface area (TPSA) is 90.9 Å². The molecular weight excluding hydrogens is 384 g/mol. The molecule has 1 fully saturated rings. The van der Waals surface area contributed by atoms with Crippen LogP contribution >= 0.6 is 11.3 Å². The zero-order valence-corrected chi connectivity index (χ0v) is 17.8. The summed E-state index contributed by atoms with van der Waals surface area (Å²) in [6, 6.07) is 6.30. The Morgan fingerprint density at radius 2 is 1.93 bits per heavy atom. The monoisotopic (exact) mass is 410 g/mol. The molecule has 0 aromatic carbocycles. The van der Waals surface area contributed by atoms with E-state index >= 15 is 0 Å². The summed E-state index contributed by atoms with van der Waals surface area (Å²) in [7, 11) is 0. The number of aryl methyl sites for hydroxylation is 1. The fourth-order valence-corrected chi connectivity index (χ4v) is 4.25. The Balaban J connectivity index is 1.48. The molecule has 3 aromatic rings. The van der Waals surface area contributed by atoms with Gasteiger partial charge in [0.1, 0.15) is 5.82 Å². The second-order valence-corrected chi connectivity index (χ2v) is 8.26. The first kappa shape index (κ1) is 19.5. The van der Waals surface area contributed by atoms with Crippen LogP contribution in [0.1, 0.15) is 19.5 Å². The molecule has 8 nitrogen and oxygen atoms in total. The largest absolute Gasteiger partial charge is 0.368 e. The molecule has 9 heteroatoms. The summed E-state index contributed by atoms with van der Waals surface area (Å²) in [6.07, 6.45) is 3.66. The quantitative estimate of drug-likeness (QED) is 0.570. The van der Waals surface area contributed by atoms with E-state index in [1.807, 2.05) is 25.3 Å². The molecule has 1 aliphatic rings. The van der Waals surface area contributed by atoms with Gasteiger partial charge >= 0.3 is 0 Å². The number of hydrogen-bond donors (Lipinski definition) is 3. The number of anilines is 4. The van der Waals surface area contributed by atoms with Gasteiger partial charge in [0.25, 0.3) is 0 Å². The molecule has 29 heavy (non-hydrogen) atoms. The third kappa shape index (κ3) is 4.80. The minimum absolute atomic E-state index is 0.339. The van der Waals surface area contributed by atoms with E-state index in [1.165, 1.54) is 0 Å². The van der Waals surface area contributed by atoms with Crippen molar-refractivity contribution in [3.63, 3.8) is 0 Å². The van der Waals surface area contributed by atoms with E-state index in [2.05, 4.69) is 60.7 Å². The normalized spacial score (nSPS) is 14.3. The van der Waals surface area contributed by atoms with Gasteiger partial charge in [-0.2, -0.15) is 0 Å². The molecule has 0 atom stereocenters. The van der Waals surface area contributed by atoms with Crippen molar-refractivity contribution < 1.29 is 0 Å². The van der Waals surface area contributed by atoms with E-state index in [1.54, 1.807) is 17.5 Å². The van der Waals surface area contributed by atoms with E-state index in [4.69, 9.17) is 0 Å². The minimum atomic E-state index is 0.339. The Kier molecular flexibility index (Phi) is 5.86. The lowest BCUT2D eigenvalue weighted by molar-refractivity contribution is 0.589. The van der Waals surface area contributed by atoms with Crippen molar-refractivity contribution in [2.24, 2.45) is 0 Å². The van der Waals surface area contributed by atoms with Crippen LogP contribution in [0.15, 0.2) is 30.6 Å². The SMILES string of the molecule is Cc1nc(NC(C)C)sc1-c1ccnc(Nc2ccc(N3CCNCC3)cn2)n1. The van der Waals surface area contributed by atoms with Crippen LogP contribution in [0.25, 0.3) is 10.6 Å². The van der Waals surface area contributed by atoms with Crippen LogP contribution in [0.4, 0.5) is 22.6 Å². The van der Waals surface area contributed by atoms with Crippen LogP contribution in [0, 0.1) is 6.92 Å². The molecule has 0 amide bonds. The van der Waals surface area contributed by atoms with Crippen molar-refractivity contribution in [2.45, 2.75) is 26.8 Å². The van der Waals surface area contributed by atoms with Gasteiger partial charge in [-0.25, -0.2) is 19.9 Å². The lowest BCUT2D eigenvalue weighted by atomic mass is 10.3. The average molecular weight is 411 g/mol. The van der Waals surface area contributed by atoms with Crippen molar-refractivity contribution in [2.75, 3.05) is 41.7 Å². The number of hydrogen-bond acceptors (Lipinski definition) is 9. The summed E-state index contributed by atoms with van der Waals surface area (Å²) in [6.45, 7) is 10.2. The van der Waals surface area contributed by atoms with Crippen molar-refractivity contribution >= 4 is 33.9 Å². The highest BCUT2D eigenvalue weighted by Crippen LogP contribution is 2.32. The highest BCUT2D eigenvalue weighted by atomic mass is 32.1. The van der Waals surface area contributed by atoms with E-state index in [-0.39, 0.29) is 0 Å². The fourth-order valence-electron chi connectivity index (χ4n) is 3.17. The molecule has 152 valence electrons. The van der Waals surface area contributed by atoms with Gasteiger partial charge in [0.2, 0.25) is 5.95 Å². The number of nitrogens with one attached hydrogen (secondary N) is 3. The Morgan fingerprint density at radius 1 is 1.10 bits per heavy atom. The minimum Gasteiger partial charge on any atom is -0.368 e. The third-order valence-corrected chi connectivity index (χ3v) is 5.68. The molecule has 0 spiro atoms. The molecule has 0 bridgehead atoms. The van der Waals surface area contributed by atoms with Crippen molar-refractivity contribution in [1.82, 2.24) is 25.3 Å². The Bertz CT molecular complexity index is 947. The molecule has 0 aliphatic carbocycles. The molecule has 0 radical (unpaired) electrons. The predicted molar refractivity (Wildman–Crippen MR) is 119 cm³/mol. The molecular formula is C20H26N8S. The van der Waals surface area contributed by atoms with E-state index in [0.29, 0.717) is 12.0 Å². The van der Waals surface area contributed by atoms with Crippen LogP contribution in [0.5, 0.6) is 0 Å². The summed E-state index contributed by atoms with van der Waals surface area (Å²) in [5.41, 5.74) is 2.95. The van der Waals surface area contributed by atoms with Gasteiger partial charge in [0, 0.05) is 38.4 Å². The van der Waals surface area contributed by atoms with Crippen LogP contribution in [-0.4, -0.2) is 52.2 Å². The average Bonchev–Trinajstić information content (AvgIpc) is 3.09. The summed E-state index contributed by atoms with van der Waals surface area (Å²) >= 11 is 1.61. The Labute approximate surface area is 174 Å². The van der Waals surface area contributed by atoms with Crippen molar-refractivity contribution in [3.8, 4) is 10.6 Å². The zero-order valence-electron chi connectivity index (χ0n) is 16.9. The predicted octanol–water partition coefficient (Wildman–Crippen LogP) is 3.28. The van der Waals surface area contributed by atoms with Gasteiger partial charge in [0.05, 0.1) is 28.1 Å². The molecule has 0 unspecified atom stereocenters. The molecule has 3 aromatic heterocycles. The molecule has 1 aliphatic heterocycles. The number of pyridine rings is 1. The maximum absolute atomic E-state index is 4.67. The second kappa shape index (κ2) is 8.71. The van der Waals surface area contributed by atoms with Gasteiger partial charge in [-0.3, -0.25) is 0 Å². The van der Waals surface area contributed by atoms with Gasteiger partial charge < -0.3 is 20.9 Å². The lowest BCUT2D eigenvalue weighted by Crippen LogP contribution is -2.43. The number of aromatic nitrogens is 4. The third-order valence-electron chi connectivity index (χ3n) is 4.57. The Hall–Kier alpha value is -2.78. The van der Waals surface area contributed by atoms with Gasteiger partial charge in [-0.05, 0) is 39.0 Å². The maximum atomic E-state index is 4.67. The highest BCUT2D eigenvalue weighted by molar-refractivity contribution is 7.19. The summed E-state index contributed by atoms with van der Waals surface area (Å²) in [5, 5.41) is 10.8. The van der Waals surface area contributed by atoms with E-state index < -0.39 is 0 Å². The molecule has 4 heterocycles. The molecule has 0 saturated carbocycles. The first-order valence-corrected chi connectivity index (χ1v) is 10.7. The molecule has 3 N–H and O–H groups in total. The Morgan fingerprint density at radius 3 is 2.66 bits per heavy atom. The summed E-state index contributed by atoms with van der Waals surface area (Å²) in [4.78, 5) is 21.5. The number of nitrogens with zero attached hydrogens (tertiary/aromatic N) is 5. The van der Waals surface area contributed by atoms with Crippen LogP contribution in [0.3, 0.4) is 0 Å². The van der Waals surface area contributed by atoms with Crippen LogP contribution in [-0.2, 0) is 0 Å². The number of piperazine rings is 1. The second-order valence-electron chi connectivity index (χ2n) is 7.26. The van der Waals surface area contributed by atoms with Gasteiger partial charge in [-0.15, -0.1) is 0 Å². The van der Waals surface area contributed by atoms with Gasteiger partial charge in [0.15, 0.2) is 5.13 Å². The highest BCUT2D eigenvalue weighted by Gasteiger charge is 2.13.